The summed E-state index contributed by atoms with van der Waals surface area (Å²) in [5, 5.41) is 0. The average molecular weight is 365 g/mol. The molecule has 0 radical (unpaired) electrons. The summed E-state index contributed by atoms with van der Waals surface area (Å²) in [7, 11) is -2.87. The minimum absolute atomic E-state index is 0.0537. The monoisotopic (exact) mass is 364 g/mol. The highest BCUT2D eigenvalue weighted by Gasteiger charge is 2.29. The van der Waals surface area contributed by atoms with Gasteiger partial charge in [-0.1, -0.05) is 15.9 Å². The Labute approximate surface area is 126 Å². The number of benzene rings is 1. The van der Waals surface area contributed by atoms with E-state index in [0.717, 1.165) is 5.56 Å². The van der Waals surface area contributed by atoms with Crippen LogP contribution in [-0.4, -0.2) is 26.0 Å². The van der Waals surface area contributed by atoms with Crippen LogP contribution in [0.1, 0.15) is 18.4 Å². The summed E-state index contributed by atoms with van der Waals surface area (Å²) in [5.41, 5.74) is 3.55. The summed E-state index contributed by atoms with van der Waals surface area (Å²) < 4.78 is 36.9. The summed E-state index contributed by atoms with van der Waals surface area (Å²) in [6.45, 7) is 0. The third-order valence-corrected chi connectivity index (χ3v) is 5.88. The lowest BCUT2D eigenvalue weighted by atomic mass is 9.95. The van der Waals surface area contributed by atoms with Crippen molar-refractivity contribution in [2.24, 2.45) is 11.8 Å². The van der Waals surface area contributed by atoms with Gasteiger partial charge in [0.1, 0.15) is 5.82 Å². The van der Waals surface area contributed by atoms with Crippen LogP contribution in [-0.2, 0) is 16.3 Å². The van der Waals surface area contributed by atoms with Crippen LogP contribution in [0.5, 0.6) is 0 Å². The van der Waals surface area contributed by atoms with Gasteiger partial charge < -0.3 is 0 Å². The van der Waals surface area contributed by atoms with Gasteiger partial charge in [0.25, 0.3) is 0 Å². The van der Waals surface area contributed by atoms with Crippen LogP contribution < -0.4 is 11.3 Å². The number of rotatable bonds is 5. The van der Waals surface area contributed by atoms with E-state index in [4.69, 9.17) is 5.84 Å². The van der Waals surface area contributed by atoms with E-state index >= 15 is 0 Å². The van der Waals surface area contributed by atoms with Gasteiger partial charge in [0.15, 0.2) is 9.84 Å². The summed E-state index contributed by atoms with van der Waals surface area (Å²) in [6.07, 6.45) is 1.95. The largest absolute Gasteiger partial charge is 0.271 e. The fourth-order valence-corrected chi connectivity index (χ4v) is 5.08. The van der Waals surface area contributed by atoms with Crippen LogP contribution in [0.25, 0.3) is 0 Å². The molecule has 1 heterocycles. The van der Waals surface area contributed by atoms with Crippen LogP contribution in [0.3, 0.4) is 0 Å². The van der Waals surface area contributed by atoms with Gasteiger partial charge in [-0.05, 0) is 48.9 Å². The van der Waals surface area contributed by atoms with E-state index in [0.29, 0.717) is 23.7 Å². The molecule has 1 aliphatic rings. The second-order valence-electron chi connectivity index (χ2n) is 5.35. The van der Waals surface area contributed by atoms with E-state index in [1.54, 1.807) is 0 Å². The minimum atomic E-state index is -2.87. The van der Waals surface area contributed by atoms with Gasteiger partial charge in [-0.2, -0.15) is 0 Å². The Hall–Kier alpha value is -0.500. The molecular weight excluding hydrogens is 347 g/mol. The first-order valence-electron chi connectivity index (χ1n) is 6.49. The van der Waals surface area contributed by atoms with Crippen molar-refractivity contribution in [1.29, 1.82) is 0 Å². The lowest BCUT2D eigenvalue weighted by Gasteiger charge is -2.19. The first-order valence-corrected chi connectivity index (χ1v) is 9.11. The fourth-order valence-electron chi connectivity index (χ4n) is 2.68. The van der Waals surface area contributed by atoms with Gasteiger partial charge in [0.2, 0.25) is 0 Å². The summed E-state index contributed by atoms with van der Waals surface area (Å²) in [6, 6.07) is 4.67. The zero-order valence-electron chi connectivity index (χ0n) is 11.0. The van der Waals surface area contributed by atoms with E-state index in [1.807, 2.05) is 6.07 Å². The van der Waals surface area contributed by atoms with E-state index in [2.05, 4.69) is 21.4 Å². The maximum absolute atomic E-state index is 13.3. The standard InChI is InChI=1S/C13H18BrFN2O2S/c14-11-3-10(4-12(15)7-11)6-13(17-16)5-9-1-2-20(18,19)8-9/h3-4,7,9,13,17H,1-2,5-6,8,16H2. The highest BCUT2D eigenvalue weighted by Crippen LogP contribution is 2.24. The number of halogens is 2. The van der Waals surface area contributed by atoms with Crippen LogP contribution in [0, 0.1) is 11.7 Å². The number of sulfone groups is 1. The van der Waals surface area contributed by atoms with Crippen molar-refractivity contribution in [2.75, 3.05) is 11.5 Å². The topological polar surface area (TPSA) is 72.2 Å². The Morgan fingerprint density at radius 3 is 2.75 bits per heavy atom. The van der Waals surface area contributed by atoms with Gasteiger partial charge in [0.05, 0.1) is 11.5 Å². The zero-order valence-corrected chi connectivity index (χ0v) is 13.4. The van der Waals surface area contributed by atoms with Crippen LogP contribution >= 0.6 is 15.9 Å². The average Bonchev–Trinajstić information content (AvgIpc) is 2.66. The molecule has 2 atom stereocenters. The summed E-state index contributed by atoms with van der Waals surface area (Å²) in [4.78, 5) is 0. The summed E-state index contributed by atoms with van der Waals surface area (Å²) >= 11 is 3.26. The molecule has 7 heteroatoms. The van der Waals surface area contributed by atoms with E-state index in [9.17, 15) is 12.8 Å². The maximum Gasteiger partial charge on any atom is 0.150 e. The quantitative estimate of drug-likeness (QED) is 0.617. The van der Waals surface area contributed by atoms with Gasteiger partial charge >= 0.3 is 0 Å². The van der Waals surface area contributed by atoms with Crippen molar-refractivity contribution in [3.8, 4) is 0 Å². The Morgan fingerprint density at radius 1 is 1.45 bits per heavy atom. The number of hydrogen-bond donors (Lipinski definition) is 2. The molecule has 0 aromatic heterocycles. The second kappa shape index (κ2) is 6.51. The molecule has 0 bridgehead atoms. The molecule has 0 spiro atoms. The molecule has 0 aliphatic carbocycles. The first-order chi connectivity index (χ1) is 9.38. The Bertz CT molecular complexity index is 559. The molecule has 1 aromatic rings. The molecule has 112 valence electrons. The molecule has 1 aromatic carbocycles. The van der Waals surface area contributed by atoms with Gasteiger partial charge in [0, 0.05) is 10.5 Å². The van der Waals surface area contributed by atoms with Crippen molar-refractivity contribution in [2.45, 2.75) is 25.3 Å². The molecule has 1 saturated heterocycles. The van der Waals surface area contributed by atoms with Gasteiger partial charge in [-0.25, -0.2) is 12.8 Å². The minimum Gasteiger partial charge on any atom is -0.271 e. The van der Waals surface area contributed by atoms with Crippen LogP contribution in [0.15, 0.2) is 22.7 Å². The van der Waals surface area contributed by atoms with Crippen molar-refractivity contribution in [3.05, 3.63) is 34.1 Å². The number of hydrogen-bond acceptors (Lipinski definition) is 4. The predicted molar refractivity (Wildman–Crippen MR) is 80.3 cm³/mol. The Morgan fingerprint density at radius 2 is 2.20 bits per heavy atom. The molecule has 2 rings (SSSR count). The highest BCUT2D eigenvalue weighted by atomic mass is 79.9. The normalized spacial score (nSPS) is 22.9. The zero-order chi connectivity index (χ0) is 14.8. The van der Waals surface area contributed by atoms with Crippen molar-refractivity contribution in [3.63, 3.8) is 0 Å². The van der Waals surface area contributed by atoms with Crippen molar-refractivity contribution >= 4 is 25.8 Å². The Balaban J connectivity index is 1.99. The highest BCUT2D eigenvalue weighted by molar-refractivity contribution is 9.10. The van der Waals surface area contributed by atoms with Gasteiger partial charge in [-0.3, -0.25) is 11.3 Å². The SMILES string of the molecule is NNC(Cc1cc(F)cc(Br)c1)CC1CCS(=O)(=O)C1. The number of nitrogens with two attached hydrogens (primary N) is 1. The lowest BCUT2D eigenvalue weighted by Crippen LogP contribution is -2.38. The Kier molecular flexibility index (Phi) is 5.17. The molecule has 1 fully saturated rings. The molecule has 20 heavy (non-hydrogen) atoms. The van der Waals surface area contributed by atoms with Crippen LogP contribution in [0.4, 0.5) is 4.39 Å². The maximum atomic E-state index is 13.3. The fraction of sp³-hybridized carbons (Fsp3) is 0.538. The van der Waals surface area contributed by atoms with E-state index < -0.39 is 9.84 Å². The van der Waals surface area contributed by atoms with Gasteiger partial charge in [-0.15, -0.1) is 0 Å². The lowest BCUT2D eigenvalue weighted by molar-refractivity contribution is 0.408. The van der Waals surface area contributed by atoms with E-state index in [-0.39, 0.29) is 29.3 Å². The molecule has 0 amide bonds. The summed E-state index contributed by atoms with van der Waals surface area (Å²) in [5.74, 6) is 5.88. The first kappa shape index (κ1) is 15.9. The third kappa shape index (κ3) is 4.51. The number of hydrazine groups is 1. The molecular formula is C13H18BrFN2O2S. The molecule has 2 unspecified atom stereocenters. The molecule has 3 N–H and O–H groups in total. The number of nitrogens with one attached hydrogen (secondary N) is 1. The third-order valence-electron chi connectivity index (χ3n) is 3.58. The predicted octanol–water partition coefficient (Wildman–Crippen LogP) is 1.79. The molecule has 1 aliphatic heterocycles. The molecule has 4 nitrogen and oxygen atoms in total. The van der Waals surface area contributed by atoms with Crippen molar-refractivity contribution in [1.82, 2.24) is 5.43 Å². The molecule has 0 saturated carbocycles. The van der Waals surface area contributed by atoms with Crippen molar-refractivity contribution < 1.29 is 12.8 Å². The van der Waals surface area contributed by atoms with E-state index in [1.165, 1.54) is 12.1 Å². The smallest absolute Gasteiger partial charge is 0.150 e. The second-order valence-corrected chi connectivity index (χ2v) is 8.49. The van der Waals surface area contributed by atoms with Crippen LogP contribution in [0.2, 0.25) is 0 Å².